The molecule has 1 aromatic heterocycles. The number of nitrogens with zero attached hydrogens (tertiary/aromatic N) is 2. The Balaban J connectivity index is 1.30. The van der Waals surface area contributed by atoms with Gasteiger partial charge >= 0.3 is 0 Å². The zero-order valence-electron chi connectivity index (χ0n) is 17.1. The second-order valence-electron chi connectivity index (χ2n) is 8.96. The predicted octanol–water partition coefficient (Wildman–Crippen LogP) is 1.49. The molecule has 2 saturated carbocycles. The molecule has 2 bridgehead atoms. The first-order chi connectivity index (χ1) is 15.7. The van der Waals surface area contributed by atoms with E-state index in [2.05, 4.69) is 5.32 Å². The number of rotatable bonds is 3. The van der Waals surface area contributed by atoms with Crippen molar-refractivity contribution in [2.24, 2.45) is 11.8 Å². The highest BCUT2D eigenvalue weighted by Crippen LogP contribution is 2.58. The van der Waals surface area contributed by atoms with Crippen LogP contribution in [-0.4, -0.2) is 44.8 Å². The fraction of sp³-hybridized carbons (Fsp3) is 0.409. The molecule has 5 atom stereocenters. The number of benzene rings is 1. The fourth-order valence-electron chi connectivity index (χ4n) is 5.54. The maximum atomic E-state index is 13.8. The number of hydrogen-bond donors (Lipinski definition) is 2. The minimum atomic E-state index is -1.19. The Bertz CT molecular complexity index is 1270. The third-order valence-corrected chi connectivity index (χ3v) is 7.16. The second kappa shape index (κ2) is 6.83. The van der Waals surface area contributed by atoms with Crippen molar-refractivity contribution < 1.29 is 32.6 Å². The molecule has 6 rings (SSSR count). The Morgan fingerprint density at radius 2 is 1.88 bits per heavy atom. The number of aromatic nitrogens is 1. The van der Waals surface area contributed by atoms with Crippen LogP contribution in [0.2, 0.25) is 0 Å². The maximum absolute atomic E-state index is 13.8. The maximum Gasteiger partial charge on any atom is 0.276 e. The first-order valence-corrected chi connectivity index (χ1v) is 10.6. The lowest BCUT2D eigenvalue weighted by Crippen LogP contribution is -2.58. The van der Waals surface area contributed by atoms with Crippen LogP contribution < -0.4 is 10.7 Å². The third kappa shape index (κ3) is 2.91. The molecule has 0 radical (unpaired) electrons. The highest BCUT2D eigenvalue weighted by atomic mass is 19.1. The molecule has 1 unspecified atom stereocenters. The number of carbonyl (C=O) groups excluding carboxylic acids is 2. The van der Waals surface area contributed by atoms with Gasteiger partial charge in [-0.05, 0) is 24.7 Å². The lowest BCUT2D eigenvalue weighted by atomic mass is 10.0. The standard InChI is InChI=1S/C22H18F3N3O5/c23-8-1-13(24)11(14(25)2-8)5-26-21(31)12-6-27-7-17-28(22(32)18(27)20(30)19(12)29)15-4-16(33-17)10-3-9(10)15/h1-2,6,9-10,15-17,30H,3-5,7H2,(H,26,31)/t9-,10+,15-,16-,17?/m0/s1. The molecule has 11 heteroatoms. The lowest BCUT2D eigenvalue weighted by molar-refractivity contribution is -0.144. The van der Waals surface area contributed by atoms with E-state index in [0.29, 0.717) is 24.0 Å². The molecular weight excluding hydrogens is 443 g/mol. The van der Waals surface area contributed by atoms with E-state index in [-0.39, 0.29) is 24.4 Å². The third-order valence-electron chi connectivity index (χ3n) is 7.16. The fourth-order valence-corrected chi connectivity index (χ4v) is 5.54. The summed E-state index contributed by atoms with van der Waals surface area (Å²) in [6, 6.07) is 0.962. The molecule has 2 aliphatic heterocycles. The Morgan fingerprint density at radius 3 is 2.61 bits per heavy atom. The summed E-state index contributed by atoms with van der Waals surface area (Å²) in [6.45, 7) is -0.522. The lowest BCUT2D eigenvalue weighted by Gasteiger charge is -2.45. The molecule has 8 nitrogen and oxygen atoms in total. The SMILES string of the molecule is O=C(NCc1c(F)cc(F)cc1F)c1cn2c(c(O)c1=O)C(=O)N1C(C2)O[C@H]2C[C@H]1[C@H]1C[C@H]12. The Hall–Kier alpha value is -3.34. The molecule has 4 aliphatic rings. The topological polar surface area (TPSA) is 101 Å². The average molecular weight is 461 g/mol. The van der Waals surface area contributed by atoms with Gasteiger partial charge in [0.25, 0.3) is 11.8 Å². The van der Waals surface area contributed by atoms with Crippen molar-refractivity contribution in [3.63, 3.8) is 0 Å². The summed E-state index contributed by atoms with van der Waals surface area (Å²) in [6.07, 6.45) is 2.38. The van der Waals surface area contributed by atoms with E-state index >= 15 is 0 Å². The van der Waals surface area contributed by atoms with Gasteiger partial charge in [-0.1, -0.05) is 0 Å². The van der Waals surface area contributed by atoms with Gasteiger partial charge in [-0.25, -0.2) is 13.2 Å². The summed E-state index contributed by atoms with van der Waals surface area (Å²) < 4.78 is 48.1. The van der Waals surface area contributed by atoms with Crippen LogP contribution >= 0.6 is 0 Å². The number of fused-ring (bicyclic) bond motifs is 8. The van der Waals surface area contributed by atoms with Gasteiger partial charge < -0.3 is 24.6 Å². The predicted molar refractivity (Wildman–Crippen MR) is 105 cm³/mol. The van der Waals surface area contributed by atoms with Crippen molar-refractivity contribution in [2.45, 2.75) is 44.3 Å². The Morgan fingerprint density at radius 1 is 1.15 bits per heavy atom. The molecule has 1 saturated heterocycles. The molecule has 3 fully saturated rings. The summed E-state index contributed by atoms with van der Waals surface area (Å²) in [5.41, 5.74) is -2.36. The first-order valence-electron chi connectivity index (χ1n) is 10.6. The van der Waals surface area contributed by atoms with Gasteiger partial charge in [-0.2, -0.15) is 0 Å². The molecule has 3 heterocycles. The van der Waals surface area contributed by atoms with Crippen LogP contribution in [-0.2, 0) is 17.8 Å². The number of pyridine rings is 1. The van der Waals surface area contributed by atoms with Gasteiger partial charge in [0.15, 0.2) is 17.7 Å². The summed E-state index contributed by atoms with van der Waals surface area (Å²) >= 11 is 0. The molecule has 33 heavy (non-hydrogen) atoms. The normalized spacial score (nSPS) is 28.8. The number of halogens is 3. The minimum absolute atomic E-state index is 0.0120. The molecular formula is C22H18F3N3O5. The zero-order valence-corrected chi connectivity index (χ0v) is 17.1. The summed E-state index contributed by atoms with van der Waals surface area (Å²) in [4.78, 5) is 40.1. The molecule has 2 aromatic rings. The molecule has 172 valence electrons. The first kappa shape index (κ1) is 20.3. The zero-order chi connectivity index (χ0) is 23.2. The van der Waals surface area contributed by atoms with Crippen LogP contribution in [0.4, 0.5) is 13.2 Å². The van der Waals surface area contributed by atoms with Crippen LogP contribution in [0.5, 0.6) is 5.75 Å². The van der Waals surface area contributed by atoms with Crippen molar-refractivity contribution in [3.05, 3.63) is 62.8 Å². The molecule has 0 spiro atoms. The van der Waals surface area contributed by atoms with Crippen molar-refractivity contribution in [2.75, 3.05) is 0 Å². The van der Waals surface area contributed by atoms with E-state index < -0.39 is 64.3 Å². The van der Waals surface area contributed by atoms with Crippen molar-refractivity contribution >= 4 is 11.8 Å². The number of amides is 2. The van der Waals surface area contributed by atoms with Gasteiger partial charge in [0.05, 0.1) is 12.6 Å². The Labute approximate surface area is 184 Å². The molecule has 1 aromatic carbocycles. The highest BCUT2D eigenvalue weighted by Gasteiger charge is 2.63. The largest absolute Gasteiger partial charge is 0.503 e. The van der Waals surface area contributed by atoms with E-state index in [0.717, 1.165) is 19.0 Å². The van der Waals surface area contributed by atoms with E-state index in [4.69, 9.17) is 4.74 Å². The number of ether oxygens (including phenoxy) is 1. The van der Waals surface area contributed by atoms with Gasteiger partial charge in [0.1, 0.15) is 23.0 Å². The summed E-state index contributed by atoms with van der Waals surface area (Å²) in [7, 11) is 0. The number of nitrogens with one attached hydrogen (secondary N) is 1. The van der Waals surface area contributed by atoms with Gasteiger partial charge in [0, 0.05) is 36.5 Å². The van der Waals surface area contributed by atoms with Crippen LogP contribution in [0.15, 0.2) is 23.1 Å². The van der Waals surface area contributed by atoms with Gasteiger partial charge in [-0.15, -0.1) is 0 Å². The molecule has 2 amide bonds. The Kier molecular flexibility index (Phi) is 4.20. The van der Waals surface area contributed by atoms with Crippen molar-refractivity contribution in [3.8, 4) is 5.75 Å². The number of aromatic hydroxyl groups is 1. The molecule has 2 N–H and O–H groups in total. The van der Waals surface area contributed by atoms with Gasteiger partial charge in [-0.3, -0.25) is 14.4 Å². The van der Waals surface area contributed by atoms with Gasteiger partial charge in [0.2, 0.25) is 5.43 Å². The highest BCUT2D eigenvalue weighted by molar-refractivity contribution is 5.99. The summed E-state index contributed by atoms with van der Waals surface area (Å²) in [5.74, 6) is -5.07. The number of hydrogen-bond acceptors (Lipinski definition) is 5. The van der Waals surface area contributed by atoms with E-state index in [9.17, 15) is 32.7 Å². The van der Waals surface area contributed by atoms with Crippen LogP contribution in [0, 0.1) is 29.3 Å². The van der Waals surface area contributed by atoms with Crippen molar-refractivity contribution in [1.29, 1.82) is 0 Å². The van der Waals surface area contributed by atoms with E-state index in [1.54, 1.807) is 4.90 Å². The smallest absolute Gasteiger partial charge is 0.276 e. The summed E-state index contributed by atoms with van der Waals surface area (Å²) in [5, 5.41) is 12.7. The molecule has 2 aliphatic carbocycles. The van der Waals surface area contributed by atoms with Crippen LogP contribution in [0.3, 0.4) is 0 Å². The average Bonchev–Trinajstić information content (AvgIpc) is 3.50. The van der Waals surface area contributed by atoms with E-state index in [1.165, 1.54) is 4.57 Å². The van der Waals surface area contributed by atoms with Crippen molar-refractivity contribution in [1.82, 2.24) is 14.8 Å². The second-order valence-corrected chi connectivity index (χ2v) is 8.96. The monoisotopic (exact) mass is 461 g/mol. The minimum Gasteiger partial charge on any atom is -0.503 e. The van der Waals surface area contributed by atoms with E-state index in [1.807, 2.05) is 0 Å². The quantitative estimate of drug-likeness (QED) is 0.722. The number of carbonyl (C=O) groups is 2. The van der Waals surface area contributed by atoms with Crippen LogP contribution in [0.25, 0.3) is 0 Å². The van der Waals surface area contributed by atoms with Crippen LogP contribution in [0.1, 0.15) is 39.3 Å².